The van der Waals surface area contributed by atoms with Crippen molar-refractivity contribution < 1.29 is 9.53 Å². The van der Waals surface area contributed by atoms with Crippen molar-refractivity contribution in [3.63, 3.8) is 0 Å². The maximum atomic E-state index is 10.7. The van der Waals surface area contributed by atoms with Crippen LogP contribution >= 0.6 is 0 Å². The minimum atomic E-state index is -0.464. The molecule has 94 valence electrons. The topological polar surface area (TPSA) is 26.3 Å². The van der Waals surface area contributed by atoms with Gasteiger partial charge >= 0.3 is 5.97 Å². The Morgan fingerprint density at radius 1 is 1.18 bits per heavy atom. The number of methoxy groups -OCH3 is 1. The van der Waals surface area contributed by atoms with Crippen LogP contribution in [-0.2, 0) is 9.53 Å². The Hall–Kier alpha value is -1.49. The van der Waals surface area contributed by atoms with Crippen molar-refractivity contribution in [3.05, 3.63) is 23.3 Å². The fourth-order valence-electron chi connectivity index (χ4n) is 1.27. The number of hydrogen-bond donors (Lipinski definition) is 0. The van der Waals surface area contributed by atoms with Crippen LogP contribution in [0.3, 0.4) is 0 Å². The number of allylic oxidation sites excluding steroid dienone is 4. The van der Waals surface area contributed by atoms with Crippen molar-refractivity contribution in [3.8, 4) is 11.8 Å². The highest BCUT2D eigenvalue weighted by molar-refractivity contribution is 5.88. The average Bonchev–Trinajstić information content (AvgIpc) is 2.27. The molecule has 2 heteroatoms. The molecule has 17 heavy (non-hydrogen) atoms. The van der Waals surface area contributed by atoms with Crippen LogP contribution in [0.1, 0.15) is 46.5 Å². The normalized spacial score (nSPS) is 10.2. The fourth-order valence-corrected chi connectivity index (χ4v) is 1.27. The average molecular weight is 234 g/mol. The van der Waals surface area contributed by atoms with E-state index in [0.29, 0.717) is 6.42 Å². The summed E-state index contributed by atoms with van der Waals surface area (Å²) in [6.45, 7) is 6.36. The molecule has 0 aliphatic rings. The zero-order valence-corrected chi connectivity index (χ0v) is 11.3. The highest BCUT2D eigenvalue weighted by Gasteiger charge is 1.90. The number of ether oxygens (including phenoxy) is 1. The predicted octanol–water partition coefficient (Wildman–Crippen LogP) is 3.64. The molecule has 0 aromatic rings. The molecule has 0 aromatic heterocycles. The minimum absolute atomic E-state index is 0.464. The summed E-state index contributed by atoms with van der Waals surface area (Å²) in [4.78, 5) is 10.7. The van der Waals surface area contributed by atoms with Gasteiger partial charge in [-0.2, -0.15) is 0 Å². The van der Waals surface area contributed by atoms with Crippen molar-refractivity contribution in [2.24, 2.45) is 0 Å². The molecule has 0 radical (unpaired) electrons. The van der Waals surface area contributed by atoms with Crippen LogP contribution in [0.15, 0.2) is 23.3 Å². The Morgan fingerprint density at radius 2 is 1.88 bits per heavy atom. The standard InChI is InChI=1S/C15H22O2/c1-13(2)9-8-11-14(3)10-6-5-7-12-15(16)17-4/h9-10H,5-6,8,11H2,1-4H3/b14-10+. The molecule has 0 atom stereocenters. The SMILES string of the molecule is COC(=O)C#CCC/C=C(\C)CCC=C(C)C. The lowest BCUT2D eigenvalue weighted by atomic mass is 10.1. The lowest BCUT2D eigenvalue weighted by molar-refractivity contribution is -0.133. The first-order chi connectivity index (χ1) is 8.06. The smallest absolute Gasteiger partial charge is 0.384 e. The second kappa shape index (κ2) is 9.72. The quantitative estimate of drug-likeness (QED) is 0.239. The Morgan fingerprint density at radius 3 is 2.47 bits per heavy atom. The summed E-state index contributed by atoms with van der Waals surface area (Å²) in [5, 5.41) is 0. The second-order valence-corrected chi connectivity index (χ2v) is 4.20. The van der Waals surface area contributed by atoms with Crippen LogP contribution < -0.4 is 0 Å². The van der Waals surface area contributed by atoms with E-state index in [-0.39, 0.29) is 0 Å². The maximum absolute atomic E-state index is 10.7. The van der Waals surface area contributed by atoms with Crippen molar-refractivity contribution >= 4 is 5.97 Å². The summed E-state index contributed by atoms with van der Waals surface area (Å²) in [5.74, 6) is 4.74. The van der Waals surface area contributed by atoms with Crippen molar-refractivity contribution in [1.29, 1.82) is 0 Å². The number of hydrogen-bond acceptors (Lipinski definition) is 2. The van der Waals surface area contributed by atoms with Gasteiger partial charge in [-0.1, -0.05) is 29.2 Å². The van der Waals surface area contributed by atoms with Crippen molar-refractivity contribution in [2.45, 2.75) is 46.5 Å². The van der Waals surface area contributed by atoms with Crippen LogP contribution in [0.2, 0.25) is 0 Å². The molecule has 0 unspecified atom stereocenters. The van der Waals surface area contributed by atoms with E-state index in [9.17, 15) is 4.79 Å². The van der Waals surface area contributed by atoms with E-state index in [0.717, 1.165) is 19.3 Å². The van der Waals surface area contributed by atoms with Gasteiger partial charge in [-0.3, -0.25) is 0 Å². The van der Waals surface area contributed by atoms with Gasteiger partial charge in [-0.05, 0) is 40.0 Å². The Bertz CT molecular complexity index is 347. The van der Waals surface area contributed by atoms with E-state index in [1.807, 2.05) is 0 Å². The summed E-state index contributed by atoms with van der Waals surface area (Å²) >= 11 is 0. The number of carbonyl (C=O) groups is 1. The summed E-state index contributed by atoms with van der Waals surface area (Å²) in [6.07, 6.45) is 8.22. The molecule has 0 bridgehead atoms. The van der Waals surface area contributed by atoms with E-state index in [1.54, 1.807) is 0 Å². The molecular weight excluding hydrogens is 212 g/mol. The highest BCUT2D eigenvalue weighted by Crippen LogP contribution is 2.08. The largest absolute Gasteiger partial charge is 0.459 e. The number of rotatable bonds is 5. The van der Waals surface area contributed by atoms with Gasteiger partial charge in [0.15, 0.2) is 0 Å². The Labute approximate surface area is 105 Å². The molecule has 0 heterocycles. The van der Waals surface area contributed by atoms with E-state index in [2.05, 4.69) is 49.5 Å². The first-order valence-electron chi connectivity index (χ1n) is 5.92. The minimum Gasteiger partial charge on any atom is -0.459 e. The third kappa shape index (κ3) is 10.8. The van der Waals surface area contributed by atoms with Crippen molar-refractivity contribution in [1.82, 2.24) is 0 Å². The molecule has 0 saturated heterocycles. The van der Waals surface area contributed by atoms with E-state index < -0.39 is 5.97 Å². The third-order valence-electron chi connectivity index (χ3n) is 2.23. The van der Waals surface area contributed by atoms with Gasteiger partial charge in [0.1, 0.15) is 0 Å². The molecule has 2 nitrogen and oxygen atoms in total. The molecule has 0 amide bonds. The number of unbranched alkanes of at least 4 members (excludes halogenated alkanes) is 1. The first-order valence-corrected chi connectivity index (χ1v) is 5.92. The third-order valence-corrected chi connectivity index (χ3v) is 2.23. The number of esters is 1. The van der Waals surface area contributed by atoms with Crippen LogP contribution in [0.4, 0.5) is 0 Å². The number of carbonyl (C=O) groups excluding carboxylic acids is 1. The molecule has 0 N–H and O–H groups in total. The zero-order valence-electron chi connectivity index (χ0n) is 11.3. The summed E-state index contributed by atoms with van der Waals surface area (Å²) in [7, 11) is 1.34. The summed E-state index contributed by atoms with van der Waals surface area (Å²) in [5.41, 5.74) is 2.74. The molecule has 0 aliphatic heterocycles. The van der Waals surface area contributed by atoms with E-state index >= 15 is 0 Å². The summed E-state index contributed by atoms with van der Waals surface area (Å²) in [6, 6.07) is 0. The van der Waals surface area contributed by atoms with Gasteiger partial charge in [0.05, 0.1) is 7.11 Å². The fraction of sp³-hybridized carbons (Fsp3) is 0.533. The molecule has 0 aliphatic carbocycles. The predicted molar refractivity (Wildman–Crippen MR) is 71.4 cm³/mol. The van der Waals surface area contributed by atoms with E-state index in [4.69, 9.17) is 0 Å². The zero-order chi connectivity index (χ0) is 13.1. The van der Waals surface area contributed by atoms with Gasteiger partial charge in [0, 0.05) is 12.3 Å². The molecule has 0 spiro atoms. The van der Waals surface area contributed by atoms with Gasteiger partial charge in [-0.25, -0.2) is 4.79 Å². The van der Waals surface area contributed by atoms with Crippen LogP contribution in [0, 0.1) is 11.8 Å². The van der Waals surface area contributed by atoms with Gasteiger partial charge < -0.3 is 4.74 Å². The first kappa shape index (κ1) is 15.5. The van der Waals surface area contributed by atoms with E-state index in [1.165, 1.54) is 18.3 Å². The van der Waals surface area contributed by atoms with Gasteiger partial charge in [0.2, 0.25) is 0 Å². The monoisotopic (exact) mass is 234 g/mol. The lowest BCUT2D eigenvalue weighted by Crippen LogP contribution is -1.93. The lowest BCUT2D eigenvalue weighted by Gasteiger charge is -1.97. The Kier molecular flexibility index (Phi) is 8.86. The molecule has 0 saturated carbocycles. The van der Waals surface area contributed by atoms with Crippen molar-refractivity contribution in [2.75, 3.05) is 7.11 Å². The molecule has 0 aromatic carbocycles. The maximum Gasteiger partial charge on any atom is 0.384 e. The highest BCUT2D eigenvalue weighted by atomic mass is 16.5. The van der Waals surface area contributed by atoms with Crippen LogP contribution in [-0.4, -0.2) is 13.1 Å². The second-order valence-electron chi connectivity index (χ2n) is 4.20. The molecular formula is C15H22O2. The van der Waals surface area contributed by atoms with Gasteiger partial charge in [-0.15, -0.1) is 0 Å². The van der Waals surface area contributed by atoms with Gasteiger partial charge in [0.25, 0.3) is 0 Å². The summed E-state index contributed by atoms with van der Waals surface area (Å²) < 4.78 is 4.42. The molecule has 0 fully saturated rings. The van der Waals surface area contributed by atoms with Crippen LogP contribution in [0.25, 0.3) is 0 Å². The van der Waals surface area contributed by atoms with Crippen LogP contribution in [0.5, 0.6) is 0 Å². The Balaban J connectivity index is 3.80. The molecule has 0 rings (SSSR count).